The van der Waals surface area contributed by atoms with Gasteiger partial charge in [-0.2, -0.15) is 10.5 Å². The van der Waals surface area contributed by atoms with Crippen molar-refractivity contribution in [3.05, 3.63) is 97.5 Å². The molecule has 3 aliphatic heterocycles. The summed E-state index contributed by atoms with van der Waals surface area (Å²) in [6, 6.07) is 20.4. The molecule has 3 aliphatic rings. The van der Waals surface area contributed by atoms with E-state index in [0.717, 1.165) is 22.6 Å². The lowest BCUT2D eigenvalue weighted by Crippen LogP contribution is -1.96. The number of benzene rings is 2. The Morgan fingerprint density at radius 2 is 1.00 bits per heavy atom. The van der Waals surface area contributed by atoms with E-state index in [1.807, 2.05) is 94.8 Å². The average Bonchev–Trinajstić information content (AvgIpc) is 3.48. The molecular weight excluding hydrogens is 628 g/mol. The van der Waals surface area contributed by atoms with Gasteiger partial charge in [0.05, 0.1) is 45.6 Å². The van der Waals surface area contributed by atoms with E-state index < -0.39 is 0 Å². The molecule has 0 spiro atoms. The number of nitrogens with zero attached hydrogens (tertiary/aromatic N) is 2. The van der Waals surface area contributed by atoms with Crippen molar-refractivity contribution in [2.75, 3.05) is 16.8 Å². The topological polar surface area (TPSA) is 47.6 Å². The largest absolute Gasteiger partial charge is 0.192 e. The molecule has 194 valence electrons. The van der Waals surface area contributed by atoms with E-state index in [1.54, 1.807) is 0 Å². The molecule has 0 unspecified atom stereocenters. The summed E-state index contributed by atoms with van der Waals surface area (Å²) >= 11 is 20.9. The van der Waals surface area contributed by atoms with Crippen molar-refractivity contribution in [1.29, 1.82) is 10.5 Å². The quantitative estimate of drug-likeness (QED) is 0.298. The molecule has 38 heavy (non-hydrogen) atoms. The van der Waals surface area contributed by atoms with Gasteiger partial charge in [-0.25, -0.2) is 0 Å². The van der Waals surface area contributed by atoms with Crippen LogP contribution in [-0.2, 0) is 0 Å². The number of hydrogen-bond acceptors (Lipinski definition) is 8. The number of allylic oxidation sites excluding steroid dienone is 4. The van der Waals surface area contributed by atoms with E-state index >= 15 is 0 Å². The van der Waals surface area contributed by atoms with Gasteiger partial charge in [-0.15, -0.1) is 46.7 Å². The molecule has 10 heteroatoms. The molecule has 0 radical (unpaired) electrons. The van der Waals surface area contributed by atoms with Crippen molar-refractivity contribution in [1.82, 2.24) is 0 Å². The van der Waals surface area contributed by atoms with Crippen LogP contribution in [0.1, 0.15) is 42.5 Å². The highest BCUT2D eigenvalue weighted by Gasteiger charge is 2.30. The molecule has 0 fully saturated rings. The Labute approximate surface area is 260 Å². The highest BCUT2D eigenvalue weighted by Crippen LogP contribution is 2.62. The predicted octanol–water partition coefficient (Wildman–Crippen LogP) is 11.1. The molecule has 0 saturated carbocycles. The molecule has 2 aromatic rings. The highest BCUT2D eigenvalue weighted by molar-refractivity contribution is 8.36. The number of rotatable bonds is 2. The van der Waals surface area contributed by atoms with Gasteiger partial charge in [0.1, 0.15) is 0 Å². The summed E-state index contributed by atoms with van der Waals surface area (Å²) in [5.74, 6) is 2.25. The van der Waals surface area contributed by atoms with Gasteiger partial charge in [0.2, 0.25) is 0 Å². The Hall–Kier alpha value is -0.940. The number of alkyl halides is 2. The molecule has 0 saturated heterocycles. The Kier molecular flexibility index (Phi) is 11.6. The van der Waals surface area contributed by atoms with Gasteiger partial charge >= 0.3 is 0 Å². The average molecular weight is 650 g/mol. The molecule has 0 aliphatic carbocycles. The summed E-state index contributed by atoms with van der Waals surface area (Å²) in [4.78, 5) is 2.72. The molecule has 2 nitrogen and oxygen atoms in total. The van der Waals surface area contributed by atoms with Crippen molar-refractivity contribution < 1.29 is 0 Å². The van der Waals surface area contributed by atoms with Crippen molar-refractivity contribution in [2.24, 2.45) is 0 Å². The third-order valence-electron chi connectivity index (χ3n) is 5.46. The zero-order valence-corrected chi connectivity index (χ0v) is 27.0. The number of halogens is 2. The summed E-state index contributed by atoms with van der Waals surface area (Å²) in [6.45, 7) is 4.45. The maximum Gasteiger partial charge on any atom is 0.0991 e. The van der Waals surface area contributed by atoms with Crippen LogP contribution in [-0.4, -0.2) is 16.8 Å². The molecule has 4 bridgehead atoms. The predicted molar refractivity (Wildman–Crippen MR) is 178 cm³/mol. The Bertz CT molecular complexity index is 1300. The van der Waals surface area contributed by atoms with E-state index in [0.29, 0.717) is 11.1 Å². The van der Waals surface area contributed by atoms with Gasteiger partial charge < -0.3 is 0 Å². The normalized spacial score (nSPS) is 21.5. The lowest BCUT2D eigenvalue weighted by molar-refractivity contribution is 1.13. The van der Waals surface area contributed by atoms with Gasteiger partial charge in [0, 0.05) is 21.0 Å². The van der Waals surface area contributed by atoms with Crippen LogP contribution in [0.25, 0.3) is 11.1 Å². The van der Waals surface area contributed by atoms with E-state index in [4.69, 9.17) is 23.2 Å². The van der Waals surface area contributed by atoms with Gasteiger partial charge in [-0.3, -0.25) is 0 Å². The molecule has 0 atom stereocenters. The van der Waals surface area contributed by atoms with Gasteiger partial charge in [-0.1, -0.05) is 71.3 Å². The Morgan fingerprint density at radius 3 is 1.34 bits per heavy atom. The first kappa shape index (κ1) is 30.0. The molecular formula is C28H22Cl2N2S6. The second-order valence-corrected chi connectivity index (χ2v) is 16.5. The minimum atomic E-state index is 0.194. The van der Waals surface area contributed by atoms with Crippen LogP contribution < -0.4 is 0 Å². The third-order valence-corrected chi connectivity index (χ3v) is 13.9. The second kappa shape index (κ2) is 14.6. The number of thioether (sulfide) groups is 6. The maximum atomic E-state index is 9.38. The lowest BCUT2D eigenvalue weighted by Gasteiger charge is -2.19. The Balaban J connectivity index is 0.00000107. The highest BCUT2D eigenvalue weighted by atomic mass is 35.5. The molecule has 0 N–H and O–H groups in total. The number of nitriles is 2. The van der Waals surface area contributed by atoms with Crippen LogP contribution >= 0.6 is 93.8 Å². The summed E-state index contributed by atoms with van der Waals surface area (Å²) in [7, 11) is 0. The van der Waals surface area contributed by atoms with Crippen molar-refractivity contribution >= 4 is 105 Å². The fourth-order valence-electron chi connectivity index (χ4n) is 3.72. The zero-order chi connectivity index (χ0) is 27.1. The van der Waals surface area contributed by atoms with Crippen molar-refractivity contribution in [3.63, 3.8) is 0 Å². The second-order valence-electron chi connectivity index (χ2n) is 7.95. The van der Waals surface area contributed by atoms with Crippen molar-refractivity contribution in [3.8, 4) is 12.1 Å². The van der Waals surface area contributed by atoms with Crippen LogP contribution in [0.15, 0.2) is 75.3 Å². The third kappa shape index (κ3) is 7.22. The summed E-state index contributed by atoms with van der Waals surface area (Å²) in [5.41, 5.74) is 5.96. The molecule has 0 aromatic heterocycles. The molecule has 5 rings (SSSR count). The first-order valence-electron chi connectivity index (χ1n) is 11.5. The van der Waals surface area contributed by atoms with E-state index in [2.05, 4.69) is 50.3 Å². The standard InChI is InChI=1S/C27H20N2S6.CH2Cl2/c1-16-24-30-12-3-13-31-25-17(2)33-27(35-25)23(21-10-6-19(15-29)7-11-21)22(26(32-16)34-24)20-8-4-18(14-28)5-9-20;2-1-3/h4-11H,3,12-13H2,1-2H3;1H2/b26-22-,27-23-;. The fraction of sp³-hybridized carbons (Fsp3) is 0.214. The summed E-state index contributed by atoms with van der Waals surface area (Å²) in [5, 5.41) is 19.0. The molecule has 0 amide bonds. The SMILES string of the molecule is CC1=C2SCCCSC3=C(C)S/C(=C(c4ccc(C#N)cc4)/C(c4ccc(C#N)cc4)=C(/S1)S2)S3.ClCCl. The van der Waals surface area contributed by atoms with Gasteiger partial charge in [-0.05, 0) is 67.2 Å². The van der Waals surface area contributed by atoms with E-state index in [9.17, 15) is 10.5 Å². The number of fused-ring (bicyclic) bond motifs is 4. The molecule has 3 heterocycles. The van der Waals surface area contributed by atoms with Gasteiger partial charge in [0.25, 0.3) is 0 Å². The monoisotopic (exact) mass is 648 g/mol. The minimum Gasteiger partial charge on any atom is -0.192 e. The Morgan fingerprint density at radius 1 is 0.632 bits per heavy atom. The van der Waals surface area contributed by atoms with Crippen LogP contribution in [0.2, 0.25) is 0 Å². The van der Waals surface area contributed by atoms with Gasteiger partial charge in [0.15, 0.2) is 0 Å². The van der Waals surface area contributed by atoms with E-state index in [-0.39, 0.29) is 5.34 Å². The summed E-state index contributed by atoms with van der Waals surface area (Å²) < 4.78 is 5.34. The fourth-order valence-corrected chi connectivity index (χ4v) is 12.4. The lowest BCUT2D eigenvalue weighted by atomic mass is 9.93. The maximum absolute atomic E-state index is 9.38. The van der Waals surface area contributed by atoms with Crippen molar-refractivity contribution in [2.45, 2.75) is 20.3 Å². The first-order valence-corrected chi connectivity index (χ1v) is 17.8. The van der Waals surface area contributed by atoms with Crippen LogP contribution in [0.3, 0.4) is 0 Å². The first-order chi connectivity index (χ1) is 18.5. The zero-order valence-electron chi connectivity index (χ0n) is 20.5. The summed E-state index contributed by atoms with van der Waals surface area (Å²) in [6.07, 6.45) is 1.18. The minimum absolute atomic E-state index is 0.194. The molecule has 2 aromatic carbocycles. The van der Waals surface area contributed by atoms with Crippen LogP contribution in [0.4, 0.5) is 0 Å². The number of hydrogen-bond donors (Lipinski definition) is 0. The smallest absolute Gasteiger partial charge is 0.0991 e. The van der Waals surface area contributed by atoms with Crippen LogP contribution in [0, 0.1) is 22.7 Å². The van der Waals surface area contributed by atoms with E-state index in [1.165, 1.54) is 44.3 Å². The van der Waals surface area contributed by atoms with Crippen LogP contribution in [0.5, 0.6) is 0 Å².